The van der Waals surface area contributed by atoms with Gasteiger partial charge in [0.25, 0.3) is 0 Å². The third-order valence-corrected chi connectivity index (χ3v) is 5.55. The van der Waals surface area contributed by atoms with Gasteiger partial charge in [-0.05, 0) is 38.1 Å². The SMILES string of the molecule is Cc1ccc(OCc2nc(SC(C)C(=O)Nc3cccc(Cl)c3Cl)n[nH]2)cc1. The van der Waals surface area contributed by atoms with Crippen LogP contribution in [-0.4, -0.2) is 26.3 Å². The maximum Gasteiger partial charge on any atom is 0.237 e. The van der Waals surface area contributed by atoms with Gasteiger partial charge in [0.05, 0.1) is 21.0 Å². The second kappa shape index (κ2) is 9.32. The third-order valence-electron chi connectivity index (χ3n) is 3.77. The van der Waals surface area contributed by atoms with Gasteiger partial charge >= 0.3 is 0 Å². The molecule has 1 amide bonds. The van der Waals surface area contributed by atoms with Crippen LogP contribution in [0.3, 0.4) is 0 Å². The maximum atomic E-state index is 12.4. The number of hydrogen-bond acceptors (Lipinski definition) is 5. The highest BCUT2D eigenvalue weighted by molar-refractivity contribution is 8.00. The standard InChI is InChI=1S/C19H18Cl2N4O2S/c1-11-6-8-13(9-7-11)27-10-16-23-19(25-24-16)28-12(2)18(26)22-15-5-3-4-14(20)17(15)21/h3-9,12H,10H2,1-2H3,(H,22,26)(H,23,24,25). The molecule has 1 unspecified atom stereocenters. The summed E-state index contributed by atoms with van der Waals surface area (Å²) in [5.41, 5.74) is 1.63. The number of ether oxygens (including phenoxy) is 1. The number of carbonyl (C=O) groups excluding carboxylic acids is 1. The fraction of sp³-hybridized carbons (Fsp3) is 0.211. The summed E-state index contributed by atoms with van der Waals surface area (Å²) in [4.78, 5) is 16.7. The molecule has 0 saturated heterocycles. The van der Waals surface area contributed by atoms with Gasteiger partial charge in [0.2, 0.25) is 11.1 Å². The maximum absolute atomic E-state index is 12.4. The molecule has 0 fully saturated rings. The molecule has 146 valence electrons. The number of rotatable bonds is 7. The average Bonchev–Trinajstić information content (AvgIpc) is 3.12. The predicted molar refractivity (Wildman–Crippen MR) is 112 cm³/mol. The molecule has 6 nitrogen and oxygen atoms in total. The molecular formula is C19H18Cl2N4O2S. The van der Waals surface area contributed by atoms with Gasteiger partial charge in [-0.15, -0.1) is 5.10 Å². The number of aryl methyl sites for hydroxylation is 1. The lowest BCUT2D eigenvalue weighted by molar-refractivity contribution is -0.115. The van der Waals surface area contributed by atoms with E-state index < -0.39 is 5.25 Å². The number of thioether (sulfide) groups is 1. The number of aromatic amines is 1. The molecule has 1 aromatic heterocycles. The first-order valence-electron chi connectivity index (χ1n) is 8.44. The minimum Gasteiger partial charge on any atom is -0.486 e. The Morgan fingerprint density at radius 2 is 2.00 bits per heavy atom. The molecule has 2 N–H and O–H groups in total. The molecule has 3 aromatic rings. The Hall–Kier alpha value is -2.22. The van der Waals surface area contributed by atoms with Gasteiger partial charge in [0, 0.05) is 0 Å². The molecule has 0 bridgehead atoms. The Bertz CT molecular complexity index is 963. The lowest BCUT2D eigenvalue weighted by Crippen LogP contribution is -2.22. The van der Waals surface area contributed by atoms with Gasteiger partial charge in [-0.2, -0.15) is 0 Å². The van der Waals surface area contributed by atoms with Crippen molar-refractivity contribution in [2.45, 2.75) is 30.9 Å². The summed E-state index contributed by atoms with van der Waals surface area (Å²) in [7, 11) is 0. The number of benzene rings is 2. The number of hydrogen-bond donors (Lipinski definition) is 2. The van der Waals surface area contributed by atoms with Crippen LogP contribution in [-0.2, 0) is 11.4 Å². The molecule has 1 atom stereocenters. The van der Waals surface area contributed by atoms with E-state index in [2.05, 4.69) is 20.5 Å². The van der Waals surface area contributed by atoms with Crippen LogP contribution < -0.4 is 10.1 Å². The fourth-order valence-corrected chi connectivity index (χ4v) is 3.32. The van der Waals surface area contributed by atoms with E-state index in [0.29, 0.717) is 26.7 Å². The molecule has 3 rings (SSSR count). The molecule has 0 saturated carbocycles. The van der Waals surface area contributed by atoms with E-state index in [0.717, 1.165) is 11.3 Å². The van der Waals surface area contributed by atoms with Crippen molar-refractivity contribution in [1.82, 2.24) is 15.2 Å². The molecule has 28 heavy (non-hydrogen) atoms. The second-order valence-corrected chi connectivity index (χ2v) is 8.11. The molecule has 2 aromatic carbocycles. The molecule has 0 aliphatic rings. The number of nitrogens with one attached hydrogen (secondary N) is 2. The van der Waals surface area contributed by atoms with Gasteiger partial charge < -0.3 is 10.1 Å². The zero-order chi connectivity index (χ0) is 20.1. The van der Waals surface area contributed by atoms with Crippen LogP contribution in [0.25, 0.3) is 0 Å². The average molecular weight is 437 g/mol. The first-order chi connectivity index (χ1) is 13.4. The number of anilines is 1. The normalized spacial score (nSPS) is 11.9. The zero-order valence-corrected chi connectivity index (χ0v) is 17.5. The third kappa shape index (κ3) is 5.41. The van der Waals surface area contributed by atoms with Gasteiger partial charge in [0.15, 0.2) is 5.82 Å². The topological polar surface area (TPSA) is 79.9 Å². The van der Waals surface area contributed by atoms with Crippen molar-refractivity contribution >= 4 is 46.6 Å². The molecule has 0 aliphatic heterocycles. The van der Waals surface area contributed by atoms with Crippen LogP contribution in [0.1, 0.15) is 18.3 Å². The second-order valence-electron chi connectivity index (χ2n) is 6.02. The number of H-pyrrole nitrogens is 1. The lowest BCUT2D eigenvalue weighted by Gasteiger charge is -2.11. The van der Waals surface area contributed by atoms with E-state index in [1.54, 1.807) is 25.1 Å². The molecule has 0 radical (unpaired) electrons. The Morgan fingerprint density at radius 3 is 2.75 bits per heavy atom. The highest BCUT2D eigenvalue weighted by Gasteiger charge is 2.19. The molecule has 1 heterocycles. The van der Waals surface area contributed by atoms with Gasteiger partial charge in [-0.25, -0.2) is 4.98 Å². The van der Waals surface area contributed by atoms with Crippen molar-refractivity contribution in [3.05, 3.63) is 63.9 Å². The Morgan fingerprint density at radius 1 is 1.25 bits per heavy atom. The van der Waals surface area contributed by atoms with E-state index in [1.165, 1.54) is 11.8 Å². The number of amides is 1. The Labute approximate surface area is 177 Å². The highest BCUT2D eigenvalue weighted by atomic mass is 35.5. The predicted octanol–water partition coefficient (Wildman–Crippen LogP) is 5.12. The zero-order valence-electron chi connectivity index (χ0n) is 15.2. The number of nitrogens with zero attached hydrogens (tertiary/aromatic N) is 2. The summed E-state index contributed by atoms with van der Waals surface area (Å²) < 4.78 is 5.67. The first kappa shape index (κ1) is 20.5. The minimum absolute atomic E-state index is 0.226. The van der Waals surface area contributed by atoms with Crippen molar-refractivity contribution in [2.24, 2.45) is 0 Å². The summed E-state index contributed by atoms with van der Waals surface area (Å²) in [5.74, 6) is 1.10. The Balaban J connectivity index is 1.54. The minimum atomic E-state index is -0.434. The number of aromatic nitrogens is 3. The number of carbonyl (C=O) groups is 1. The van der Waals surface area contributed by atoms with Crippen LogP contribution in [0.15, 0.2) is 47.6 Å². The highest BCUT2D eigenvalue weighted by Crippen LogP contribution is 2.30. The van der Waals surface area contributed by atoms with Crippen LogP contribution in [0, 0.1) is 6.92 Å². The van der Waals surface area contributed by atoms with Crippen molar-refractivity contribution in [3.63, 3.8) is 0 Å². The summed E-state index contributed by atoms with van der Waals surface area (Å²) in [6.45, 7) is 4.04. The Kier molecular flexibility index (Phi) is 6.83. The summed E-state index contributed by atoms with van der Waals surface area (Å²) in [6.07, 6.45) is 0. The van der Waals surface area contributed by atoms with Gasteiger partial charge in [-0.3, -0.25) is 9.89 Å². The van der Waals surface area contributed by atoms with Crippen LogP contribution in [0.2, 0.25) is 10.0 Å². The first-order valence-corrected chi connectivity index (χ1v) is 10.1. The quantitative estimate of drug-likeness (QED) is 0.502. The van der Waals surface area contributed by atoms with Crippen molar-refractivity contribution < 1.29 is 9.53 Å². The van der Waals surface area contributed by atoms with Gasteiger partial charge in [0.1, 0.15) is 12.4 Å². The molecule has 9 heteroatoms. The smallest absolute Gasteiger partial charge is 0.237 e. The number of halogens is 2. The van der Waals surface area contributed by atoms with Gasteiger partial charge in [-0.1, -0.05) is 58.7 Å². The largest absolute Gasteiger partial charge is 0.486 e. The van der Waals surface area contributed by atoms with Crippen molar-refractivity contribution in [1.29, 1.82) is 0 Å². The molecule has 0 spiro atoms. The van der Waals surface area contributed by atoms with E-state index >= 15 is 0 Å². The van der Waals surface area contributed by atoms with Crippen LogP contribution >= 0.6 is 35.0 Å². The van der Waals surface area contributed by atoms with E-state index in [1.807, 2.05) is 31.2 Å². The monoisotopic (exact) mass is 436 g/mol. The molecular weight excluding hydrogens is 419 g/mol. The van der Waals surface area contributed by atoms with E-state index in [4.69, 9.17) is 27.9 Å². The van der Waals surface area contributed by atoms with Crippen molar-refractivity contribution in [3.8, 4) is 5.75 Å². The summed E-state index contributed by atoms with van der Waals surface area (Å²) in [6, 6.07) is 12.8. The van der Waals surface area contributed by atoms with Crippen LogP contribution in [0.5, 0.6) is 5.75 Å². The summed E-state index contributed by atoms with van der Waals surface area (Å²) >= 11 is 13.3. The van der Waals surface area contributed by atoms with Crippen LogP contribution in [0.4, 0.5) is 5.69 Å². The fourth-order valence-electron chi connectivity index (χ4n) is 2.23. The van der Waals surface area contributed by atoms with E-state index in [9.17, 15) is 4.79 Å². The van der Waals surface area contributed by atoms with E-state index in [-0.39, 0.29) is 12.5 Å². The lowest BCUT2D eigenvalue weighted by atomic mass is 10.2. The molecule has 0 aliphatic carbocycles. The summed E-state index contributed by atoms with van der Waals surface area (Å²) in [5, 5.41) is 10.4. The van der Waals surface area contributed by atoms with Crippen molar-refractivity contribution in [2.75, 3.05) is 5.32 Å².